The zero-order chi connectivity index (χ0) is 16.1. The highest BCUT2D eigenvalue weighted by atomic mass is 35.5. The monoisotopic (exact) mass is 337 g/mol. The normalized spacial score (nSPS) is 11.5. The summed E-state index contributed by atoms with van der Waals surface area (Å²) < 4.78 is 0. The maximum absolute atomic E-state index is 12.0. The Morgan fingerprint density at radius 2 is 1.64 bits per heavy atom. The van der Waals surface area contributed by atoms with Crippen molar-refractivity contribution >= 4 is 40.8 Å². The number of carbonyl (C=O) groups is 2. The molecule has 0 radical (unpaired) electrons. The van der Waals surface area contributed by atoms with E-state index in [2.05, 4.69) is 10.6 Å². The highest BCUT2D eigenvalue weighted by Gasteiger charge is 2.22. The summed E-state index contributed by atoms with van der Waals surface area (Å²) in [4.78, 5) is 23.6. The fourth-order valence-electron chi connectivity index (χ4n) is 1.84. The van der Waals surface area contributed by atoms with Crippen molar-refractivity contribution in [3.05, 3.63) is 64.1 Å². The minimum Gasteiger partial charge on any atom is -0.368 e. The first kappa shape index (κ1) is 16.1. The number of nitrogens with one attached hydrogen (secondary N) is 2. The van der Waals surface area contributed by atoms with Gasteiger partial charge in [-0.2, -0.15) is 0 Å². The van der Waals surface area contributed by atoms with Crippen molar-refractivity contribution in [2.75, 3.05) is 5.32 Å². The zero-order valence-electron chi connectivity index (χ0n) is 11.3. The first-order valence-electron chi connectivity index (χ1n) is 6.34. The second-order valence-electron chi connectivity index (χ2n) is 4.46. The average Bonchev–Trinajstić information content (AvgIpc) is 2.48. The van der Waals surface area contributed by atoms with E-state index >= 15 is 0 Å². The van der Waals surface area contributed by atoms with Gasteiger partial charge in [0.05, 0.1) is 0 Å². The van der Waals surface area contributed by atoms with Crippen molar-refractivity contribution < 1.29 is 9.59 Å². The summed E-state index contributed by atoms with van der Waals surface area (Å²) in [5.74, 6) is -0.709. The zero-order valence-corrected chi connectivity index (χ0v) is 12.9. The Kier molecular flexibility index (Phi) is 5.25. The summed E-state index contributed by atoms with van der Waals surface area (Å²) in [6, 6.07) is 11.6. The number of anilines is 1. The number of nitrogens with two attached hydrogens (primary N) is 1. The van der Waals surface area contributed by atoms with Crippen LogP contribution in [0.4, 0.5) is 10.5 Å². The van der Waals surface area contributed by atoms with E-state index in [1.54, 1.807) is 48.5 Å². The fraction of sp³-hybridized carbons (Fsp3) is 0.0667. The molecule has 114 valence electrons. The maximum Gasteiger partial charge on any atom is 0.320 e. The molecule has 0 fully saturated rings. The number of carbonyl (C=O) groups excluding carboxylic acids is 2. The van der Waals surface area contributed by atoms with E-state index in [1.165, 1.54) is 0 Å². The molecule has 22 heavy (non-hydrogen) atoms. The number of hydrogen-bond donors (Lipinski definition) is 3. The molecule has 0 aliphatic rings. The molecular formula is C15H13Cl2N3O2. The fourth-order valence-corrected chi connectivity index (χ4v) is 2.21. The van der Waals surface area contributed by atoms with Crippen molar-refractivity contribution in [2.45, 2.75) is 6.04 Å². The van der Waals surface area contributed by atoms with Crippen molar-refractivity contribution in [3.8, 4) is 0 Å². The van der Waals surface area contributed by atoms with Crippen LogP contribution in [0.1, 0.15) is 11.6 Å². The van der Waals surface area contributed by atoms with E-state index in [4.69, 9.17) is 28.9 Å². The van der Waals surface area contributed by atoms with Crippen molar-refractivity contribution in [3.63, 3.8) is 0 Å². The van der Waals surface area contributed by atoms with Gasteiger partial charge in [-0.15, -0.1) is 0 Å². The molecule has 0 spiro atoms. The van der Waals surface area contributed by atoms with Crippen molar-refractivity contribution in [2.24, 2.45) is 5.73 Å². The Morgan fingerprint density at radius 1 is 1.00 bits per heavy atom. The number of halogens is 2. The third-order valence-corrected chi connectivity index (χ3v) is 3.47. The smallest absolute Gasteiger partial charge is 0.320 e. The van der Waals surface area contributed by atoms with E-state index in [0.717, 1.165) is 0 Å². The highest BCUT2D eigenvalue weighted by molar-refractivity contribution is 6.31. The average molecular weight is 338 g/mol. The third-order valence-electron chi connectivity index (χ3n) is 2.88. The Balaban J connectivity index is 2.11. The van der Waals surface area contributed by atoms with Gasteiger partial charge in [0.1, 0.15) is 6.04 Å². The lowest BCUT2D eigenvalue weighted by molar-refractivity contribution is -0.119. The number of rotatable bonds is 4. The molecule has 2 aromatic carbocycles. The summed E-state index contributed by atoms with van der Waals surface area (Å²) in [5, 5.41) is 5.98. The number of urea groups is 1. The molecule has 0 bridgehead atoms. The van der Waals surface area contributed by atoms with Crippen LogP contribution in [0, 0.1) is 0 Å². The summed E-state index contributed by atoms with van der Waals surface area (Å²) >= 11 is 11.8. The third kappa shape index (κ3) is 4.13. The Labute approximate surface area is 137 Å². The molecule has 1 atom stereocenters. The second kappa shape index (κ2) is 7.15. The molecule has 0 saturated carbocycles. The summed E-state index contributed by atoms with van der Waals surface area (Å²) in [6.45, 7) is 0. The topological polar surface area (TPSA) is 84.2 Å². The molecule has 7 heteroatoms. The molecule has 3 amide bonds. The van der Waals surface area contributed by atoms with Crippen LogP contribution in [0.5, 0.6) is 0 Å². The quantitative estimate of drug-likeness (QED) is 0.799. The predicted octanol–water partition coefficient (Wildman–Crippen LogP) is 3.34. The van der Waals surface area contributed by atoms with Gasteiger partial charge in [-0.1, -0.05) is 41.4 Å². The van der Waals surface area contributed by atoms with Gasteiger partial charge in [-0.25, -0.2) is 4.79 Å². The Bertz CT molecular complexity index is 689. The molecule has 0 aliphatic heterocycles. The van der Waals surface area contributed by atoms with Gasteiger partial charge < -0.3 is 16.4 Å². The molecule has 1 unspecified atom stereocenters. The molecule has 5 nitrogen and oxygen atoms in total. The Hall–Kier alpha value is -2.24. The molecule has 2 rings (SSSR count). The number of hydrogen-bond acceptors (Lipinski definition) is 2. The van der Waals surface area contributed by atoms with Crippen LogP contribution in [-0.4, -0.2) is 11.9 Å². The van der Waals surface area contributed by atoms with Crippen molar-refractivity contribution in [1.29, 1.82) is 0 Å². The van der Waals surface area contributed by atoms with Gasteiger partial charge >= 0.3 is 6.03 Å². The standard InChI is InChI=1S/C15H13Cl2N3O2/c16-9-5-7-10(8-6-9)19-15(22)20-13(14(18)21)11-3-1-2-4-12(11)17/h1-8,13H,(H2,18,21)(H2,19,20,22). The summed E-state index contributed by atoms with van der Waals surface area (Å²) in [6.07, 6.45) is 0. The predicted molar refractivity (Wildman–Crippen MR) is 87.0 cm³/mol. The molecule has 4 N–H and O–H groups in total. The molecule has 0 aromatic heterocycles. The second-order valence-corrected chi connectivity index (χ2v) is 5.31. The molecule has 0 saturated heterocycles. The van der Waals surface area contributed by atoms with Crippen LogP contribution < -0.4 is 16.4 Å². The van der Waals surface area contributed by atoms with Crippen LogP contribution in [0.2, 0.25) is 10.0 Å². The SMILES string of the molecule is NC(=O)C(NC(=O)Nc1ccc(Cl)cc1)c1ccccc1Cl. The largest absolute Gasteiger partial charge is 0.368 e. The van der Waals surface area contributed by atoms with Gasteiger partial charge in [0.25, 0.3) is 0 Å². The lowest BCUT2D eigenvalue weighted by atomic mass is 10.1. The summed E-state index contributed by atoms with van der Waals surface area (Å²) in [7, 11) is 0. The van der Waals surface area contributed by atoms with E-state index < -0.39 is 18.0 Å². The van der Waals surface area contributed by atoms with Crippen LogP contribution in [0.25, 0.3) is 0 Å². The maximum atomic E-state index is 12.0. The van der Waals surface area contributed by atoms with Gasteiger partial charge in [0, 0.05) is 21.3 Å². The number of amides is 3. The van der Waals surface area contributed by atoms with Crippen LogP contribution in [-0.2, 0) is 4.79 Å². The van der Waals surface area contributed by atoms with Gasteiger partial charge in [-0.05, 0) is 30.3 Å². The van der Waals surface area contributed by atoms with Crippen LogP contribution >= 0.6 is 23.2 Å². The van der Waals surface area contributed by atoms with Gasteiger partial charge in [0.2, 0.25) is 5.91 Å². The van der Waals surface area contributed by atoms with Crippen LogP contribution in [0.15, 0.2) is 48.5 Å². The minimum atomic E-state index is -1.03. The lowest BCUT2D eigenvalue weighted by Gasteiger charge is -2.17. The lowest BCUT2D eigenvalue weighted by Crippen LogP contribution is -2.39. The van der Waals surface area contributed by atoms with E-state index in [-0.39, 0.29) is 0 Å². The number of primary amides is 1. The first-order valence-corrected chi connectivity index (χ1v) is 7.10. The van der Waals surface area contributed by atoms with E-state index in [1.807, 2.05) is 0 Å². The minimum absolute atomic E-state index is 0.345. The molecule has 0 aliphatic carbocycles. The Morgan fingerprint density at radius 3 is 2.23 bits per heavy atom. The number of benzene rings is 2. The van der Waals surface area contributed by atoms with Crippen molar-refractivity contribution in [1.82, 2.24) is 5.32 Å². The van der Waals surface area contributed by atoms with Gasteiger partial charge in [0.15, 0.2) is 0 Å². The molecule has 2 aromatic rings. The van der Waals surface area contributed by atoms with E-state index in [9.17, 15) is 9.59 Å². The summed E-state index contributed by atoms with van der Waals surface area (Å²) in [5.41, 5.74) is 6.31. The van der Waals surface area contributed by atoms with Gasteiger partial charge in [-0.3, -0.25) is 4.79 Å². The highest BCUT2D eigenvalue weighted by Crippen LogP contribution is 2.22. The molecule has 0 heterocycles. The first-order chi connectivity index (χ1) is 10.5. The van der Waals surface area contributed by atoms with E-state index in [0.29, 0.717) is 21.3 Å². The van der Waals surface area contributed by atoms with Crippen LogP contribution in [0.3, 0.4) is 0 Å². The molecular weight excluding hydrogens is 325 g/mol.